The highest BCUT2D eigenvalue weighted by Crippen LogP contribution is 2.50. The van der Waals surface area contributed by atoms with Gasteiger partial charge in [-0.05, 0) is 13.3 Å². The summed E-state index contributed by atoms with van der Waals surface area (Å²) in [7, 11) is 0. The number of nitrogens with zero attached hydrogens (tertiary/aromatic N) is 1. The molecule has 1 aliphatic carbocycles. The Hall–Kier alpha value is -3.16. The van der Waals surface area contributed by atoms with E-state index in [2.05, 4.69) is 0 Å². The third-order valence-electron chi connectivity index (χ3n) is 4.61. The third-order valence-corrected chi connectivity index (χ3v) is 4.61. The molecule has 128 valence electrons. The molecule has 4 rings (SSSR count). The average Bonchev–Trinajstić information content (AvgIpc) is 3.17. The summed E-state index contributed by atoms with van der Waals surface area (Å²) in [6, 6.07) is 4.75. The zero-order valence-corrected chi connectivity index (χ0v) is 13.1. The lowest BCUT2D eigenvalue weighted by Crippen LogP contribution is -2.12. The maximum absolute atomic E-state index is 12.1. The van der Waals surface area contributed by atoms with Crippen molar-refractivity contribution in [2.45, 2.75) is 25.7 Å². The molecule has 8 nitrogen and oxygen atoms in total. The number of ether oxygens (including phenoxy) is 3. The van der Waals surface area contributed by atoms with Gasteiger partial charge in [-0.1, -0.05) is 12.1 Å². The van der Waals surface area contributed by atoms with Crippen LogP contribution in [0.5, 0.6) is 0 Å². The number of nitro groups is 1. The largest absolute Gasteiger partial charge is 0.458 e. The number of cyclic esters (lactones) is 1. The van der Waals surface area contributed by atoms with E-state index in [0.717, 1.165) is 0 Å². The summed E-state index contributed by atoms with van der Waals surface area (Å²) in [6.45, 7) is 1.60. The van der Waals surface area contributed by atoms with Gasteiger partial charge < -0.3 is 14.2 Å². The van der Waals surface area contributed by atoms with Crippen molar-refractivity contribution < 1.29 is 28.7 Å². The maximum atomic E-state index is 12.1. The number of rotatable bonds is 3. The van der Waals surface area contributed by atoms with Crippen LogP contribution >= 0.6 is 0 Å². The molecule has 3 atom stereocenters. The summed E-state index contributed by atoms with van der Waals surface area (Å²) in [5.74, 6) is -1.36. The summed E-state index contributed by atoms with van der Waals surface area (Å²) in [5.41, 5.74) is 1.96. The van der Waals surface area contributed by atoms with Crippen LogP contribution in [0.2, 0.25) is 0 Å². The molecule has 0 amide bonds. The highest BCUT2D eigenvalue weighted by Gasteiger charge is 2.48. The Morgan fingerprint density at radius 3 is 2.76 bits per heavy atom. The zero-order valence-electron chi connectivity index (χ0n) is 13.1. The van der Waals surface area contributed by atoms with E-state index < -0.39 is 29.3 Å². The van der Waals surface area contributed by atoms with Gasteiger partial charge in [-0.2, -0.15) is 0 Å². The van der Waals surface area contributed by atoms with Crippen LogP contribution in [0.3, 0.4) is 0 Å². The van der Waals surface area contributed by atoms with Gasteiger partial charge >= 0.3 is 11.9 Å². The first-order valence-corrected chi connectivity index (χ1v) is 7.68. The molecule has 0 bridgehead atoms. The first-order chi connectivity index (χ1) is 12.0. The highest BCUT2D eigenvalue weighted by atomic mass is 16.7. The number of carbonyl (C=O) groups excluding carboxylic acids is 2. The summed E-state index contributed by atoms with van der Waals surface area (Å²) in [5, 5.41) is 11.2. The molecule has 3 aliphatic rings. The van der Waals surface area contributed by atoms with Crippen molar-refractivity contribution >= 4 is 17.6 Å². The molecule has 25 heavy (non-hydrogen) atoms. The van der Waals surface area contributed by atoms with Crippen LogP contribution in [0.25, 0.3) is 0 Å². The zero-order chi connectivity index (χ0) is 17.7. The second kappa shape index (κ2) is 5.44. The van der Waals surface area contributed by atoms with Crippen molar-refractivity contribution in [3.8, 4) is 0 Å². The average molecular weight is 343 g/mol. The predicted octanol–water partition coefficient (Wildman–Crippen LogP) is 2.09. The molecule has 8 heteroatoms. The van der Waals surface area contributed by atoms with Gasteiger partial charge in [0.15, 0.2) is 0 Å². The Balaban J connectivity index is 1.60. The first kappa shape index (κ1) is 15.4. The normalized spacial score (nSPS) is 28.3. The standard InChI is InChI=1S/C17H13NO7/c1-8-5-14(24-16(8)19)23-7-12-11-6-10-9(15(11)25-17(12)20)3-2-4-13(10)18(21)22/h2-5,7,11,14-15H,6H2,1H3/b12-7+. The van der Waals surface area contributed by atoms with E-state index in [4.69, 9.17) is 14.2 Å². The molecule has 1 saturated heterocycles. The number of carbonyl (C=O) groups is 2. The van der Waals surface area contributed by atoms with Gasteiger partial charge in [0, 0.05) is 34.8 Å². The fraction of sp³-hybridized carbons (Fsp3) is 0.294. The number of nitro benzene ring substituents is 1. The van der Waals surface area contributed by atoms with Gasteiger partial charge in [0.2, 0.25) is 0 Å². The molecule has 0 spiro atoms. The SMILES string of the molecule is CC1=CC(O/C=C2/C(=O)OC3c4cccc([N+](=O)[O-])c4CC23)OC1=O. The fourth-order valence-corrected chi connectivity index (χ4v) is 3.40. The van der Waals surface area contributed by atoms with Crippen LogP contribution in [-0.4, -0.2) is 23.2 Å². The minimum absolute atomic E-state index is 0.0199. The third kappa shape index (κ3) is 2.37. The van der Waals surface area contributed by atoms with Crippen LogP contribution in [0, 0.1) is 16.0 Å². The quantitative estimate of drug-likeness (QED) is 0.272. The minimum Gasteiger partial charge on any atom is -0.458 e. The van der Waals surface area contributed by atoms with Crippen molar-refractivity contribution in [2.75, 3.05) is 0 Å². The molecule has 1 aromatic rings. The molecular weight excluding hydrogens is 330 g/mol. The molecular formula is C17H13NO7. The second-order valence-corrected chi connectivity index (χ2v) is 6.07. The molecule has 3 unspecified atom stereocenters. The minimum atomic E-state index is -0.884. The van der Waals surface area contributed by atoms with Gasteiger partial charge in [-0.15, -0.1) is 0 Å². The van der Waals surface area contributed by atoms with E-state index in [1.807, 2.05) is 0 Å². The molecule has 1 fully saturated rings. The summed E-state index contributed by atoms with van der Waals surface area (Å²) in [6.07, 6.45) is 1.62. The van der Waals surface area contributed by atoms with E-state index in [0.29, 0.717) is 23.1 Å². The van der Waals surface area contributed by atoms with Crippen LogP contribution in [0.1, 0.15) is 24.2 Å². The fourth-order valence-electron chi connectivity index (χ4n) is 3.40. The van der Waals surface area contributed by atoms with Crippen molar-refractivity contribution in [1.82, 2.24) is 0 Å². The van der Waals surface area contributed by atoms with Crippen molar-refractivity contribution in [3.63, 3.8) is 0 Å². The lowest BCUT2D eigenvalue weighted by atomic mass is 9.98. The van der Waals surface area contributed by atoms with Gasteiger partial charge in [-0.25, -0.2) is 9.59 Å². The lowest BCUT2D eigenvalue weighted by molar-refractivity contribution is -0.385. The first-order valence-electron chi connectivity index (χ1n) is 7.68. The Kier molecular flexibility index (Phi) is 3.34. The van der Waals surface area contributed by atoms with E-state index in [-0.39, 0.29) is 17.2 Å². The maximum Gasteiger partial charge on any atom is 0.338 e. The Morgan fingerprint density at radius 2 is 2.08 bits per heavy atom. The van der Waals surface area contributed by atoms with Crippen LogP contribution in [-0.2, 0) is 30.2 Å². The molecule has 2 aliphatic heterocycles. The Bertz CT molecular complexity index is 870. The van der Waals surface area contributed by atoms with Gasteiger partial charge in [0.05, 0.1) is 16.8 Å². The summed E-state index contributed by atoms with van der Waals surface area (Å²) < 4.78 is 15.7. The topological polar surface area (TPSA) is 105 Å². The summed E-state index contributed by atoms with van der Waals surface area (Å²) >= 11 is 0. The smallest absolute Gasteiger partial charge is 0.338 e. The van der Waals surface area contributed by atoms with Crippen LogP contribution < -0.4 is 0 Å². The number of hydrogen-bond donors (Lipinski definition) is 0. The highest BCUT2D eigenvalue weighted by molar-refractivity contribution is 5.92. The van der Waals surface area contributed by atoms with E-state index in [9.17, 15) is 19.7 Å². The summed E-state index contributed by atoms with van der Waals surface area (Å²) in [4.78, 5) is 34.2. The van der Waals surface area contributed by atoms with E-state index in [1.54, 1.807) is 19.1 Å². The molecule has 0 radical (unpaired) electrons. The number of esters is 2. The van der Waals surface area contributed by atoms with E-state index >= 15 is 0 Å². The lowest BCUT2D eigenvalue weighted by Gasteiger charge is -2.09. The molecule has 0 N–H and O–H groups in total. The predicted molar refractivity (Wildman–Crippen MR) is 81.9 cm³/mol. The molecule has 2 heterocycles. The van der Waals surface area contributed by atoms with Crippen LogP contribution in [0.4, 0.5) is 5.69 Å². The monoisotopic (exact) mass is 343 g/mol. The molecule has 0 aromatic heterocycles. The molecule has 0 saturated carbocycles. The number of hydrogen-bond acceptors (Lipinski definition) is 7. The van der Waals surface area contributed by atoms with Gasteiger partial charge in [-0.3, -0.25) is 10.1 Å². The Morgan fingerprint density at radius 1 is 1.28 bits per heavy atom. The van der Waals surface area contributed by atoms with Crippen molar-refractivity contribution in [3.05, 3.63) is 62.9 Å². The van der Waals surface area contributed by atoms with Gasteiger partial charge in [0.25, 0.3) is 12.0 Å². The second-order valence-electron chi connectivity index (χ2n) is 6.07. The van der Waals surface area contributed by atoms with Gasteiger partial charge in [0.1, 0.15) is 6.10 Å². The number of fused-ring (bicyclic) bond motifs is 3. The van der Waals surface area contributed by atoms with Crippen molar-refractivity contribution in [1.29, 1.82) is 0 Å². The van der Waals surface area contributed by atoms with Crippen LogP contribution in [0.15, 0.2) is 41.7 Å². The van der Waals surface area contributed by atoms with E-state index in [1.165, 1.54) is 18.4 Å². The number of benzene rings is 1. The van der Waals surface area contributed by atoms with Crippen molar-refractivity contribution in [2.24, 2.45) is 5.92 Å². The Labute approximate surface area is 141 Å². The molecule has 1 aromatic carbocycles.